The van der Waals surface area contributed by atoms with Crippen LogP contribution in [0.3, 0.4) is 0 Å². The number of nitrogens with one attached hydrogen (secondary N) is 1. The number of alkyl halides is 1. The largest absolute Gasteiger partial charge is 0.466 e. The Morgan fingerprint density at radius 3 is 2.76 bits per heavy atom. The van der Waals surface area contributed by atoms with Crippen LogP contribution in [-0.4, -0.2) is 76.2 Å². The lowest BCUT2D eigenvalue weighted by atomic mass is 9.70. The second-order valence-electron chi connectivity index (χ2n) is 8.19. The number of aliphatic hydroxyl groups is 1. The Bertz CT molecular complexity index is 661. The van der Waals surface area contributed by atoms with Crippen molar-refractivity contribution in [2.75, 3.05) is 19.8 Å². The Balaban J connectivity index is 1.94. The molecule has 3 aliphatic rings. The van der Waals surface area contributed by atoms with Gasteiger partial charge in [-0.05, 0) is 26.7 Å². The standard InChI is InChI=1S/C20H31BrN2O6/c1-4-6-7-8-22-17(25)16-20-9-12(21)15(29-20)13(19(27)28-5-2)14(20)18(26)23(16)11(3)10-24/h11-16,24H,4-10H2,1-3H3,(H,22,25)/t11-,12?,13-,14+,15-,16?,20?/m1/s1. The van der Waals surface area contributed by atoms with E-state index in [4.69, 9.17) is 9.47 Å². The fourth-order valence-electron chi connectivity index (χ4n) is 5.12. The maximum absolute atomic E-state index is 13.4. The minimum absolute atomic E-state index is 0.152. The molecule has 3 fully saturated rings. The lowest BCUT2D eigenvalue weighted by Gasteiger charge is -2.35. The fourth-order valence-corrected chi connectivity index (χ4v) is 6.06. The maximum Gasteiger partial charge on any atom is 0.312 e. The van der Waals surface area contributed by atoms with Crippen LogP contribution >= 0.6 is 15.9 Å². The number of carbonyl (C=O) groups is 3. The summed E-state index contributed by atoms with van der Waals surface area (Å²) in [5, 5.41) is 12.7. The van der Waals surface area contributed by atoms with Crippen molar-refractivity contribution in [3.8, 4) is 0 Å². The Hall–Kier alpha value is -1.19. The molecule has 0 saturated carbocycles. The number of hydrogen-bond acceptors (Lipinski definition) is 6. The smallest absolute Gasteiger partial charge is 0.312 e. The normalized spacial score (nSPS) is 36.2. The molecule has 3 saturated heterocycles. The van der Waals surface area contributed by atoms with Crippen LogP contribution in [0.25, 0.3) is 0 Å². The summed E-state index contributed by atoms with van der Waals surface area (Å²) in [6.45, 7) is 5.95. The van der Waals surface area contributed by atoms with Gasteiger partial charge < -0.3 is 24.8 Å². The van der Waals surface area contributed by atoms with Crippen LogP contribution in [0.5, 0.6) is 0 Å². The molecule has 3 rings (SSSR count). The number of likely N-dealkylation sites (tertiary alicyclic amines) is 1. The van der Waals surface area contributed by atoms with Crippen LogP contribution in [0, 0.1) is 11.8 Å². The number of amides is 2. The number of unbranched alkanes of at least 4 members (excludes halogenated alkanes) is 2. The van der Waals surface area contributed by atoms with Gasteiger partial charge in [0.25, 0.3) is 0 Å². The first kappa shape index (κ1) is 22.5. The predicted molar refractivity (Wildman–Crippen MR) is 108 cm³/mol. The topological polar surface area (TPSA) is 105 Å². The molecule has 9 heteroatoms. The summed E-state index contributed by atoms with van der Waals surface area (Å²) < 4.78 is 11.5. The minimum atomic E-state index is -1.09. The monoisotopic (exact) mass is 474 g/mol. The fraction of sp³-hybridized carbons (Fsp3) is 0.850. The van der Waals surface area contributed by atoms with Gasteiger partial charge in [0, 0.05) is 11.4 Å². The van der Waals surface area contributed by atoms with E-state index in [1.807, 2.05) is 0 Å². The highest BCUT2D eigenvalue weighted by molar-refractivity contribution is 9.09. The van der Waals surface area contributed by atoms with Crippen molar-refractivity contribution < 1.29 is 29.0 Å². The highest BCUT2D eigenvalue weighted by Crippen LogP contribution is 2.60. The van der Waals surface area contributed by atoms with Crippen molar-refractivity contribution >= 4 is 33.7 Å². The molecular weight excluding hydrogens is 444 g/mol. The van der Waals surface area contributed by atoms with Gasteiger partial charge in [0.05, 0.1) is 37.2 Å². The summed E-state index contributed by atoms with van der Waals surface area (Å²) in [6.07, 6.45) is 2.83. The Morgan fingerprint density at radius 1 is 1.41 bits per heavy atom. The molecule has 0 aliphatic carbocycles. The molecule has 3 aliphatic heterocycles. The van der Waals surface area contributed by atoms with Crippen LogP contribution in [0.4, 0.5) is 0 Å². The zero-order chi connectivity index (χ0) is 21.3. The van der Waals surface area contributed by atoms with Crippen molar-refractivity contribution in [1.82, 2.24) is 10.2 Å². The van der Waals surface area contributed by atoms with E-state index >= 15 is 0 Å². The SMILES string of the molecule is CCCCCNC(=O)C1N([C@H](C)CO)C(=O)[C@@H]2[C@@H](C(=O)OCC)[C@@H]3OC12CC3Br. The molecule has 3 unspecified atom stereocenters. The third-order valence-electron chi connectivity index (χ3n) is 6.35. The van der Waals surface area contributed by atoms with E-state index < -0.39 is 41.6 Å². The van der Waals surface area contributed by atoms with Crippen LogP contribution < -0.4 is 5.32 Å². The van der Waals surface area contributed by atoms with E-state index in [1.54, 1.807) is 13.8 Å². The molecule has 8 nitrogen and oxygen atoms in total. The highest BCUT2D eigenvalue weighted by Gasteiger charge is 2.77. The number of nitrogens with zero attached hydrogens (tertiary/aromatic N) is 1. The van der Waals surface area contributed by atoms with Gasteiger partial charge >= 0.3 is 5.97 Å². The molecule has 0 aromatic heterocycles. The van der Waals surface area contributed by atoms with Crippen LogP contribution in [0.15, 0.2) is 0 Å². The summed E-state index contributed by atoms with van der Waals surface area (Å²) in [6, 6.07) is -1.44. The van der Waals surface area contributed by atoms with Gasteiger partial charge in [0.1, 0.15) is 11.6 Å². The highest BCUT2D eigenvalue weighted by atomic mass is 79.9. The second kappa shape index (κ2) is 8.89. The molecule has 0 aromatic rings. The molecule has 1 spiro atoms. The second-order valence-corrected chi connectivity index (χ2v) is 9.37. The van der Waals surface area contributed by atoms with E-state index in [0.717, 1.165) is 19.3 Å². The third-order valence-corrected chi connectivity index (χ3v) is 7.20. The Morgan fingerprint density at radius 2 is 2.14 bits per heavy atom. The first-order chi connectivity index (χ1) is 13.8. The molecular formula is C20H31BrN2O6. The first-order valence-corrected chi connectivity index (χ1v) is 11.4. The summed E-state index contributed by atoms with van der Waals surface area (Å²) in [5.74, 6) is -2.61. The van der Waals surface area contributed by atoms with Gasteiger partial charge in [0.15, 0.2) is 0 Å². The van der Waals surface area contributed by atoms with E-state index in [1.165, 1.54) is 4.90 Å². The molecule has 164 valence electrons. The Labute approximate surface area is 179 Å². The van der Waals surface area contributed by atoms with Crippen molar-refractivity contribution in [3.63, 3.8) is 0 Å². The molecule has 7 atom stereocenters. The third kappa shape index (κ3) is 3.59. The Kier molecular flexibility index (Phi) is 6.90. The van der Waals surface area contributed by atoms with Gasteiger partial charge in [-0.2, -0.15) is 0 Å². The molecule has 2 amide bonds. The number of esters is 1. The number of ether oxygens (including phenoxy) is 2. The average Bonchev–Trinajstić information content (AvgIpc) is 3.28. The quantitative estimate of drug-likeness (QED) is 0.293. The van der Waals surface area contributed by atoms with Gasteiger partial charge in [-0.15, -0.1) is 0 Å². The average molecular weight is 475 g/mol. The molecule has 2 bridgehead atoms. The number of halogens is 1. The van der Waals surface area contributed by atoms with Crippen molar-refractivity contribution in [3.05, 3.63) is 0 Å². The number of fused-ring (bicyclic) bond motifs is 1. The zero-order valence-electron chi connectivity index (χ0n) is 17.2. The number of rotatable bonds is 9. The summed E-state index contributed by atoms with van der Waals surface area (Å²) >= 11 is 3.59. The van der Waals surface area contributed by atoms with Gasteiger partial charge in [0.2, 0.25) is 11.8 Å². The zero-order valence-corrected chi connectivity index (χ0v) is 18.8. The van der Waals surface area contributed by atoms with Crippen molar-refractivity contribution in [1.29, 1.82) is 0 Å². The molecule has 2 N–H and O–H groups in total. The van der Waals surface area contributed by atoms with Crippen LogP contribution in [0.2, 0.25) is 0 Å². The lowest BCUT2D eigenvalue weighted by molar-refractivity contribution is -0.155. The first-order valence-electron chi connectivity index (χ1n) is 10.5. The summed E-state index contributed by atoms with van der Waals surface area (Å²) in [7, 11) is 0. The van der Waals surface area contributed by atoms with Gasteiger partial charge in [-0.25, -0.2) is 0 Å². The van der Waals surface area contributed by atoms with Gasteiger partial charge in [-0.1, -0.05) is 35.7 Å². The predicted octanol–water partition coefficient (Wildman–Crippen LogP) is 0.985. The van der Waals surface area contributed by atoms with E-state index in [0.29, 0.717) is 13.0 Å². The van der Waals surface area contributed by atoms with Gasteiger partial charge in [-0.3, -0.25) is 14.4 Å². The molecule has 29 heavy (non-hydrogen) atoms. The minimum Gasteiger partial charge on any atom is -0.466 e. The number of hydrogen-bond donors (Lipinski definition) is 2. The van der Waals surface area contributed by atoms with Crippen molar-refractivity contribution in [2.24, 2.45) is 11.8 Å². The number of carbonyl (C=O) groups excluding carboxylic acids is 3. The summed E-state index contributed by atoms with van der Waals surface area (Å²) in [4.78, 5) is 40.6. The molecule has 0 aromatic carbocycles. The van der Waals surface area contributed by atoms with E-state index in [2.05, 4.69) is 28.2 Å². The van der Waals surface area contributed by atoms with Crippen molar-refractivity contribution in [2.45, 2.75) is 75.1 Å². The van der Waals surface area contributed by atoms with Crippen LogP contribution in [-0.2, 0) is 23.9 Å². The molecule has 0 radical (unpaired) electrons. The maximum atomic E-state index is 13.4. The number of aliphatic hydroxyl groups excluding tert-OH is 1. The summed E-state index contributed by atoms with van der Waals surface area (Å²) in [5.41, 5.74) is -1.09. The lowest BCUT2D eigenvalue weighted by Crippen LogP contribution is -2.57. The van der Waals surface area contributed by atoms with E-state index in [-0.39, 0.29) is 29.9 Å². The van der Waals surface area contributed by atoms with Crippen LogP contribution in [0.1, 0.15) is 46.5 Å². The molecule has 3 heterocycles. The van der Waals surface area contributed by atoms with E-state index in [9.17, 15) is 19.5 Å².